The average Bonchev–Trinajstić information content (AvgIpc) is 2.96. The highest BCUT2D eigenvalue weighted by molar-refractivity contribution is 5.94. The van der Waals surface area contributed by atoms with E-state index in [0.29, 0.717) is 10.6 Å². The summed E-state index contributed by atoms with van der Waals surface area (Å²) in [4.78, 5) is 37.5. The zero-order valence-electron chi connectivity index (χ0n) is 15.8. The molecule has 8 nitrogen and oxygen atoms in total. The van der Waals surface area contributed by atoms with Gasteiger partial charge in [-0.3, -0.25) is 9.89 Å². The van der Waals surface area contributed by atoms with Crippen LogP contribution in [-0.2, 0) is 0 Å². The number of hydrogen-bond donors (Lipinski definition) is 3. The van der Waals surface area contributed by atoms with E-state index in [-0.39, 0.29) is 16.8 Å². The number of hydrogen-bond acceptors (Lipinski definition) is 4. The Balaban J connectivity index is 2.16. The first kappa shape index (κ1) is 19.7. The lowest BCUT2D eigenvalue weighted by Crippen LogP contribution is -2.34. The molecule has 0 amide bonds. The van der Waals surface area contributed by atoms with E-state index in [1.807, 2.05) is 43.3 Å². The van der Waals surface area contributed by atoms with Gasteiger partial charge in [0, 0.05) is 19.8 Å². The van der Waals surface area contributed by atoms with Gasteiger partial charge in [-0.05, 0) is 42.0 Å². The molecule has 0 unspecified atom stereocenters. The summed E-state index contributed by atoms with van der Waals surface area (Å²) in [5.41, 5.74) is 0.948. The quantitative estimate of drug-likeness (QED) is 0.592. The summed E-state index contributed by atoms with van der Waals surface area (Å²) >= 11 is 0. The van der Waals surface area contributed by atoms with Crippen molar-refractivity contribution < 1.29 is 19.8 Å². The van der Waals surface area contributed by atoms with E-state index in [1.54, 1.807) is 6.08 Å². The topological polar surface area (TPSA) is 116 Å². The van der Waals surface area contributed by atoms with Gasteiger partial charge in [0.15, 0.2) is 0 Å². The maximum absolute atomic E-state index is 12.9. The number of aromatic nitrogens is 2. The van der Waals surface area contributed by atoms with E-state index in [2.05, 4.69) is 11.7 Å². The molecular formula is C21H19N3O5. The standard InChI is InChI=1S/C21H19N3O5/c1-12-18(8-13-4-6-16(7-5-13)23(2)3)19(25)24(22-12)17-10-14(20(26)27)9-15(11-17)21(28)29/h4-11,22H,1H2,2-3H3,(H,26,27)(H,28,29)/b18-8+. The summed E-state index contributed by atoms with van der Waals surface area (Å²) in [6.07, 6.45) is 1.66. The predicted molar refractivity (Wildman–Crippen MR) is 109 cm³/mol. The molecular weight excluding hydrogens is 374 g/mol. The number of aromatic amines is 1. The molecule has 0 radical (unpaired) electrons. The van der Waals surface area contributed by atoms with Crippen molar-refractivity contribution in [1.82, 2.24) is 9.78 Å². The Morgan fingerprint density at radius 1 is 1.03 bits per heavy atom. The van der Waals surface area contributed by atoms with Crippen LogP contribution in [0.25, 0.3) is 18.3 Å². The van der Waals surface area contributed by atoms with Crippen LogP contribution in [0.2, 0.25) is 0 Å². The zero-order chi connectivity index (χ0) is 21.3. The van der Waals surface area contributed by atoms with Gasteiger partial charge >= 0.3 is 11.9 Å². The molecule has 0 saturated carbocycles. The van der Waals surface area contributed by atoms with Gasteiger partial charge in [0.1, 0.15) is 0 Å². The van der Waals surface area contributed by atoms with Crippen molar-refractivity contribution in [2.45, 2.75) is 0 Å². The summed E-state index contributed by atoms with van der Waals surface area (Å²) in [5.74, 6) is -2.59. The van der Waals surface area contributed by atoms with Crippen LogP contribution in [0.1, 0.15) is 26.3 Å². The van der Waals surface area contributed by atoms with E-state index < -0.39 is 17.5 Å². The largest absolute Gasteiger partial charge is 0.478 e. The van der Waals surface area contributed by atoms with Crippen molar-refractivity contribution in [3.63, 3.8) is 0 Å². The van der Waals surface area contributed by atoms with Gasteiger partial charge in [0.25, 0.3) is 5.56 Å². The predicted octanol–water partition coefficient (Wildman–Crippen LogP) is 0.867. The summed E-state index contributed by atoms with van der Waals surface area (Å²) < 4.78 is 1.08. The van der Waals surface area contributed by atoms with E-state index in [1.165, 1.54) is 12.1 Å². The van der Waals surface area contributed by atoms with Crippen molar-refractivity contribution in [3.05, 3.63) is 80.1 Å². The van der Waals surface area contributed by atoms with Crippen LogP contribution in [0.3, 0.4) is 0 Å². The molecule has 3 N–H and O–H groups in total. The molecule has 148 valence electrons. The van der Waals surface area contributed by atoms with E-state index >= 15 is 0 Å². The highest BCUT2D eigenvalue weighted by atomic mass is 16.4. The van der Waals surface area contributed by atoms with Gasteiger partial charge in [-0.1, -0.05) is 18.7 Å². The minimum atomic E-state index is -1.29. The van der Waals surface area contributed by atoms with E-state index in [4.69, 9.17) is 0 Å². The minimum absolute atomic E-state index is 0.0970. The molecule has 0 saturated heterocycles. The van der Waals surface area contributed by atoms with Gasteiger partial charge in [-0.25, -0.2) is 14.3 Å². The number of aromatic carboxylic acids is 2. The lowest BCUT2D eigenvalue weighted by Gasteiger charge is -2.11. The summed E-state index contributed by atoms with van der Waals surface area (Å²) in [5, 5.41) is 21.9. The Morgan fingerprint density at radius 2 is 1.59 bits per heavy atom. The number of H-pyrrole nitrogens is 1. The van der Waals surface area contributed by atoms with Crippen molar-refractivity contribution in [1.29, 1.82) is 0 Å². The number of benzene rings is 2. The molecule has 0 aliphatic rings. The number of carboxylic acids is 2. The molecule has 0 spiro atoms. The average molecular weight is 393 g/mol. The number of anilines is 1. The fourth-order valence-corrected chi connectivity index (χ4v) is 2.85. The van der Waals surface area contributed by atoms with E-state index in [0.717, 1.165) is 22.0 Å². The fourth-order valence-electron chi connectivity index (χ4n) is 2.85. The lowest BCUT2D eigenvalue weighted by atomic mass is 10.1. The fraction of sp³-hybridized carbons (Fsp3) is 0.0952. The van der Waals surface area contributed by atoms with Crippen LogP contribution in [0, 0.1) is 0 Å². The molecule has 3 rings (SSSR count). The third kappa shape index (κ3) is 3.96. The number of carboxylic acid groups (broad SMARTS) is 2. The monoisotopic (exact) mass is 393 g/mol. The normalized spacial score (nSPS) is 11.4. The first-order valence-corrected chi connectivity index (χ1v) is 8.58. The summed E-state index contributed by atoms with van der Waals surface area (Å²) in [6, 6.07) is 11.0. The van der Waals surface area contributed by atoms with Crippen molar-refractivity contribution in [2.75, 3.05) is 19.0 Å². The Bertz CT molecular complexity index is 1230. The number of rotatable bonds is 5. The number of nitrogens with one attached hydrogen (secondary N) is 1. The third-order valence-electron chi connectivity index (χ3n) is 4.40. The second-order valence-corrected chi connectivity index (χ2v) is 6.65. The molecule has 2 aromatic carbocycles. The second-order valence-electron chi connectivity index (χ2n) is 6.65. The molecule has 0 aliphatic carbocycles. The summed E-state index contributed by atoms with van der Waals surface area (Å²) in [7, 11) is 3.85. The Labute approximate surface area is 165 Å². The van der Waals surface area contributed by atoms with Crippen molar-refractivity contribution >= 4 is 30.3 Å². The first-order chi connectivity index (χ1) is 13.7. The molecule has 8 heteroatoms. The first-order valence-electron chi connectivity index (χ1n) is 8.58. The van der Waals surface area contributed by atoms with Crippen LogP contribution in [0.5, 0.6) is 0 Å². The van der Waals surface area contributed by atoms with Gasteiger partial charge in [-0.15, -0.1) is 0 Å². The molecule has 1 heterocycles. The van der Waals surface area contributed by atoms with Crippen LogP contribution in [0.4, 0.5) is 5.69 Å². The zero-order valence-corrected chi connectivity index (χ0v) is 15.8. The van der Waals surface area contributed by atoms with Crippen LogP contribution in [-0.4, -0.2) is 46.0 Å². The maximum Gasteiger partial charge on any atom is 0.335 e. The van der Waals surface area contributed by atoms with Crippen molar-refractivity contribution in [2.24, 2.45) is 0 Å². The molecule has 0 bridgehead atoms. The molecule has 1 aromatic heterocycles. The lowest BCUT2D eigenvalue weighted by molar-refractivity contribution is 0.0696. The Morgan fingerprint density at radius 3 is 2.07 bits per heavy atom. The SMILES string of the molecule is C=c1[nH]n(-c2cc(C(=O)O)cc(C(=O)O)c2)c(=O)/c1=C/c1ccc(N(C)C)cc1. The highest BCUT2D eigenvalue weighted by Gasteiger charge is 2.14. The van der Waals surface area contributed by atoms with Gasteiger partial charge < -0.3 is 15.1 Å². The molecule has 3 aromatic rings. The third-order valence-corrected chi connectivity index (χ3v) is 4.40. The van der Waals surface area contributed by atoms with E-state index in [9.17, 15) is 24.6 Å². The Hall–Kier alpha value is -4.07. The number of carbonyl (C=O) groups is 2. The maximum atomic E-state index is 12.9. The van der Waals surface area contributed by atoms with Gasteiger partial charge in [0.2, 0.25) is 0 Å². The Kier molecular flexibility index (Phi) is 5.10. The minimum Gasteiger partial charge on any atom is -0.478 e. The highest BCUT2D eigenvalue weighted by Crippen LogP contribution is 2.14. The number of nitrogens with zero attached hydrogens (tertiary/aromatic N) is 2. The molecule has 0 fully saturated rings. The van der Waals surface area contributed by atoms with Crippen molar-refractivity contribution in [3.8, 4) is 5.69 Å². The molecule has 0 aliphatic heterocycles. The van der Waals surface area contributed by atoms with Crippen LogP contribution < -0.4 is 21.0 Å². The van der Waals surface area contributed by atoms with Gasteiger partial charge in [-0.2, -0.15) is 0 Å². The molecule has 0 atom stereocenters. The summed E-state index contributed by atoms with van der Waals surface area (Å²) in [6.45, 7) is 3.84. The smallest absolute Gasteiger partial charge is 0.335 e. The second kappa shape index (κ2) is 7.51. The van der Waals surface area contributed by atoms with Crippen LogP contribution >= 0.6 is 0 Å². The molecule has 29 heavy (non-hydrogen) atoms. The van der Waals surface area contributed by atoms with Gasteiger partial charge in [0.05, 0.1) is 27.4 Å². The van der Waals surface area contributed by atoms with Crippen LogP contribution in [0.15, 0.2) is 47.3 Å².